The maximum absolute atomic E-state index is 2.29. The fourth-order valence-electron chi connectivity index (χ4n) is 4.11. The molecule has 0 spiro atoms. The third kappa shape index (κ3) is 1.85. The summed E-state index contributed by atoms with van der Waals surface area (Å²) in [6.45, 7) is 4.54. The van der Waals surface area contributed by atoms with Gasteiger partial charge in [0.15, 0.2) is 0 Å². The average Bonchev–Trinajstić information content (AvgIpc) is 2.86. The van der Waals surface area contributed by atoms with Crippen LogP contribution in [0.3, 0.4) is 0 Å². The van der Waals surface area contributed by atoms with Gasteiger partial charge < -0.3 is 0 Å². The molecule has 23 heavy (non-hydrogen) atoms. The van der Waals surface area contributed by atoms with Crippen LogP contribution in [0.25, 0.3) is 5.57 Å². The molecule has 0 saturated carbocycles. The van der Waals surface area contributed by atoms with E-state index >= 15 is 0 Å². The van der Waals surface area contributed by atoms with Crippen molar-refractivity contribution in [1.82, 2.24) is 0 Å². The maximum atomic E-state index is 2.29. The number of allylic oxidation sites excluding steroid dienone is 2. The first-order valence-corrected chi connectivity index (χ1v) is 8.15. The first-order chi connectivity index (χ1) is 11.3. The summed E-state index contributed by atoms with van der Waals surface area (Å²) in [4.78, 5) is 0. The number of rotatable bonds is 2. The maximum Gasteiger partial charge on any atom is 0.0670 e. The van der Waals surface area contributed by atoms with Gasteiger partial charge in [-0.3, -0.25) is 0 Å². The van der Waals surface area contributed by atoms with E-state index in [9.17, 15) is 0 Å². The van der Waals surface area contributed by atoms with Crippen LogP contribution >= 0.6 is 0 Å². The lowest BCUT2D eigenvalue weighted by molar-refractivity contribution is 0.743. The quantitative estimate of drug-likeness (QED) is 0.558. The van der Waals surface area contributed by atoms with Gasteiger partial charge in [-0.1, -0.05) is 90.5 Å². The third-order valence-corrected chi connectivity index (χ3v) is 5.27. The molecule has 0 heteroatoms. The van der Waals surface area contributed by atoms with Crippen LogP contribution in [0.5, 0.6) is 0 Å². The minimum Gasteiger partial charge on any atom is -0.0622 e. The highest BCUT2D eigenvalue weighted by atomic mass is 14.5. The van der Waals surface area contributed by atoms with E-state index in [-0.39, 0.29) is 5.41 Å². The molecule has 0 aliphatic heterocycles. The summed E-state index contributed by atoms with van der Waals surface area (Å²) in [5.74, 6) is 0. The van der Waals surface area contributed by atoms with Crippen LogP contribution < -0.4 is 0 Å². The van der Waals surface area contributed by atoms with E-state index in [2.05, 4.69) is 98.8 Å². The number of benzene rings is 3. The van der Waals surface area contributed by atoms with E-state index in [0.717, 1.165) is 0 Å². The van der Waals surface area contributed by atoms with Crippen LogP contribution in [-0.2, 0) is 5.41 Å². The Morgan fingerprint density at radius 1 is 0.565 bits per heavy atom. The van der Waals surface area contributed by atoms with Crippen LogP contribution in [0, 0.1) is 0 Å². The van der Waals surface area contributed by atoms with E-state index in [0.29, 0.717) is 0 Å². The summed E-state index contributed by atoms with van der Waals surface area (Å²) in [7, 11) is 0. The van der Waals surface area contributed by atoms with Gasteiger partial charge in [0.1, 0.15) is 0 Å². The van der Waals surface area contributed by atoms with Crippen molar-refractivity contribution in [2.75, 3.05) is 0 Å². The molecule has 1 aliphatic rings. The van der Waals surface area contributed by atoms with Gasteiger partial charge in [-0.25, -0.2) is 0 Å². The van der Waals surface area contributed by atoms with Crippen molar-refractivity contribution in [2.45, 2.75) is 19.3 Å². The molecule has 0 unspecified atom stereocenters. The van der Waals surface area contributed by atoms with Gasteiger partial charge in [0, 0.05) is 0 Å². The molecule has 0 nitrogen and oxygen atoms in total. The Morgan fingerprint density at radius 3 is 1.61 bits per heavy atom. The van der Waals surface area contributed by atoms with Crippen LogP contribution in [0.1, 0.15) is 36.1 Å². The zero-order valence-corrected chi connectivity index (χ0v) is 13.6. The van der Waals surface area contributed by atoms with Crippen molar-refractivity contribution in [3.05, 3.63) is 113 Å². The van der Waals surface area contributed by atoms with Gasteiger partial charge in [0.25, 0.3) is 0 Å². The first kappa shape index (κ1) is 14.0. The predicted octanol–water partition coefficient (Wildman–Crippen LogP) is 5.83. The Morgan fingerprint density at radius 2 is 1.04 bits per heavy atom. The highest BCUT2D eigenvalue weighted by Gasteiger charge is 2.44. The SMILES string of the molecule is CC1=C(C)C(c2ccccc2)(c2ccccc2)c2ccccc21. The van der Waals surface area contributed by atoms with Crippen molar-refractivity contribution in [3.8, 4) is 0 Å². The third-order valence-electron chi connectivity index (χ3n) is 5.27. The largest absolute Gasteiger partial charge is 0.0670 e. The number of hydrogen-bond donors (Lipinski definition) is 0. The molecule has 0 amide bonds. The normalized spacial score (nSPS) is 15.6. The summed E-state index contributed by atoms with van der Waals surface area (Å²) < 4.78 is 0. The topological polar surface area (TPSA) is 0 Å². The minimum atomic E-state index is -0.177. The molecule has 0 radical (unpaired) electrons. The van der Waals surface area contributed by atoms with E-state index in [1.54, 1.807) is 0 Å². The molecular formula is C23H20. The standard InChI is InChI=1S/C23H20/c1-17-18(2)23(19-11-5-3-6-12-19,20-13-7-4-8-14-20)22-16-10-9-15-21(17)22/h3-16H,1-2H3. The van der Waals surface area contributed by atoms with Gasteiger partial charge in [0.05, 0.1) is 5.41 Å². The molecule has 4 rings (SSSR count). The predicted molar refractivity (Wildman–Crippen MR) is 97.5 cm³/mol. The Kier molecular flexibility index (Phi) is 3.20. The molecule has 1 aliphatic carbocycles. The Hall–Kier alpha value is -2.60. The molecular weight excluding hydrogens is 276 g/mol. The second-order valence-corrected chi connectivity index (χ2v) is 6.28. The van der Waals surface area contributed by atoms with E-state index in [4.69, 9.17) is 0 Å². The monoisotopic (exact) mass is 296 g/mol. The zero-order valence-electron chi connectivity index (χ0n) is 13.6. The second kappa shape index (κ2) is 5.24. The fourth-order valence-corrected chi connectivity index (χ4v) is 4.11. The summed E-state index contributed by atoms with van der Waals surface area (Å²) in [6, 6.07) is 30.6. The Labute approximate surface area is 138 Å². The lowest BCUT2D eigenvalue weighted by Crippen LogP contribution is -2.28. The van der Waals surface area contributed by atoms with Crippen molar-refractivity contribution < 1.29 is 0 Å². The molecule has 112 valence electrons. The van der Waals surface area contributed by atoms with Gasteiger partial charge in [-0.05, 0) is 41.7 Å². The van der Waals surface area contributed by atoms with Crippen LogP contribution in [0.4, 0.5) is 0 Å². The summed E-state index contributed by atoms with van der Waals surface area (Å²) >= 11 is 0. The van der Waals surface area contributed by atoms with E-state index in [1.165, 1.54) is 33.4 Å². The fraction of sp³-hybridized carbons (Fsp3) is 0.130. The molecule has 0 fully saturated rings. The van der Waals surface area contributed by atoms with Gasteiger partial charge in [-0.15, -0.1) is 0 Å². The average molecular weight is 296 g/mol. The smallest absolute Gasteiger partial charge is 0.0622 e. The summed E-state index contributed by atoms with van der Waals surface area (Å²) in [5.41, 5.74) is 8.10. The number of hydrogen-bond acceptors (Lipinski definition) is 0. The van der Waals surface area contributed by atoms with Crippen LogP contribution in [0.15, 0.2) is 90.5 Å². The van der Waals surface area contributed by atoms with Crippen molar-refractivity contribution in [3.63, 3.8) is 0 Å². The molecule has 0 N–H and O–H groups in total. The highest BCUT2D eigenvalue weighted by molar-refractivity contribution is 5.83. The molecule has 0 atom stereocenters. The Balaban J connectivity index is 2.14. The molecule has 0 heterocycles. The molecule has 0 aromatic heterocycles. The van der Waals surface area contributed by atoms with Crippen LogP contribution in [0.2, 0.25) is 0 Å². The summed E-state index contributed by atoms with van der Waals surface area (Å²) in [5, 5.41) is 0. The minimum absolute atomic E-state index is 0.177. The van der Waals surface area contributed by atoms with E-state index < -0.39 is 0 Å². The van der Waals surface area contributed by atoms with Gasteiger partial charge in [-0.2, -0.15) is 0 Å². The molecule has 3 aromatic carbocycles. The Bertz CT molecular complexity index is 831. The molecule has 3 aromatic rings. The first-order valence-electron chi connectivity index (χ1n) is 8.15. The lowest BCUT2D eigenvalue weighted by atomic mass is 9.67. The lowest BCUT2D eigenvalue weighted by Gasteiger charge is -2.34. The van der Waals surface area contributed by atoms with Crippen LogP contribution in [-0.4, -0.2) is 0 Å². The highest BCUT2D eigenvalue weighted by Crippen LogP contribution is 2.53. The van der Waals surface area contributed by atoms with Crippen molar-refractivity contribution in [2.24, 2.45) is 0 Å². The van der Waals surface area contributed by atoms with Gasteiger partial charge >= 0.3 is 0 Å². The van der Waals surface area contributed by atoms with Crippen molar-refractivity contribution >= 4 is 5.57 Å². The van der Waals surface area contributed by atoms with E-state index in [1.807, 2.05) is 0 Å². The van der Waals surface area contributed by atoms with Gasteiger partial charge in [0.2, 0.25) is 0 Å². The second-order valence-electron chi connectivity index (χ2n) is 6.28. The molecule has 0 bridgehead atoms. The zero-order chi connectivity index (χ0) is 15.9. The number of fused-ring (bicyclic) bond motifs is 1. The summed E-state index contributed by atoms with van der Waals surface area (Å²) in [6.07, 6.45) is 0. The molecule has 0 saturated heterocycles. The van der Waals surface area contributed by atoms with Crippen molar-refractivity contribution in [1.29, 1.82) is 0 Å².